The molecule has 1 aliphatic rings. The Hall–Kier alpha value is -2.74. The summed E-state index contributed by atoms with van der Waals surface area (Å²) in [5.41, 5.74) is 2.42. The normalized spacial score (nSPS) is 14.7. The highest BCUT2D eigenvalue weighted by Gasteiger charge is 2.24. The summed E-state index contributed by atoms with van der Waals surface area (Å²) in [6.45, 7) is 4.59. The second-order valence-electron chi connectivity index (χ2n) is 7.09. The lowest BCUT2D eigenvalue weighted by Gasteiger charge is -2.11. The summed E-state index contributed by atoms with van der Waals surface area (Å²) in [4.78, 5) is 41.7. The predicted octanol–water partition coefficient (Wildman–Crippen LogP) is 3.51. The van der Waals surface area contributed by atoms with Crippen molar-refractivity contribution in [3.63, 3.8) is 0 Å². The van der Waals surface area contributed by atoms with Gasteiger partial charge in [0, 0.05) is 24.0 Å². The number of hydrogen-bond donors (Lipinski definition) is 1. The van der Waals surface area contributed by atoms with E-state index in [1.807, 2.05) is 24.3 Å². The molecule has 0 spiro atoms. The zero-order valence-corrected chi connectivity index (χ0v) is 17.5. The third-order valence-electron chi connectivity index (χ3n) is 4.91. The van der Waals surface area contributed by atoms with Crippen LogP contribution in [0.3, 0.4) is 0 Å². The number of amides is 2. The smallest absolute Gasteiger partial charge is 0.312 e. The number of nitrogens with zero attached hydrogens (tertiary/aromatic N) is 2. The molecule has 2 aromatic rings. The van der Waals surface area contributed by atoms with Crippen molar-refractivity contribution in [3.05, 3.63) is 40.9 Å². The lowest BCUT2D eigenvalue weighted by molar-refractivity contribution is -0.146. The van der Waals surface area contributed by atoms with Crippen molar-refractivity contribution in [1.82, 2.24) is 4.98 Å². The van der Waals surface area contributed by atoms with E-state index >= 15 is 0 Å². The molecule has 154 valence electrons. The minimum absolute atomic E-state index is 0.0323. The molecule has 1 aromatic carbocycles. The molecule has 1 N–H and O–H groups in total. The molecule has 1 aromatic heterocycles. The Balaban J connectivity index is 1.44. The van der Waals surface area contributed by atoms with E-state index in [0.717, 1.165) is 12.8 Å². The van der Waals surface area contributed by atoms with Crippen molar-refractivity contribution in [2.45, 2.75) is 45.4 Å². The number of rotatable bonds is 8. The van der Waals surface area contributed by atoms with E-state index in [1.54, 1.807) is 10.3 Å². The maximum Gasteiger partial charge on any atom is 0.312 e. The van der Waals surface area contributed by atoms with Gasteiger partial charge in [-0.15, -0.1) is 11.3 Å². The number of aromatic nitrogens is 1. The summed E-state index contributed by atoms with van der Waals surface area (Å²) in [5.74, 6) is -0.397. The van der Waals surface area contributed by atoms with Crippen LogP contribution >= 0.6 is 11.3 Å². The van der Waals surface area contributed by atoms with E-state index in [2.05, 4.69) is 24.1 Å². The molecule has 2 amide bonds. The highest BCUT2D eigenvalue weighted by Crippen LogP contribution is 2.25. The second-order valence-corrected chi connectivity index (χ2v) is 7.92. The number of nitrogens with one attached hydrogen (secondary N) is 1. The third kappa shape index (κ3) is 5.63. The fourth-order valence-electron chi connectivity index (χ4n) is 3.02. The van der Waals surface area contributed by atoms with Crippen molar-refractivity contribution >= 4 is 39.9 Å². The standard InChI is InChI=1S/C21H25N3O4S/c1-3-14(2)15-6-8-16(9-7-15)22-18(25)12-28-20(27)11-17-13-29-21(23-17)24-10-4-5-19(24)26/h6-9,13-14H,3-5,10-12H2,1-2H3,(H,22,25)/t14-/m0/s1. The maximum absolute atomic E-state index is 12.0. The Morgan fingerprint density at radius 2 is 2.07 bits per heavy atom. The summed E-state index contributed by atoms with van der Waals surface area (Å²) < 4.78 is 5.05. The average molecular weight is 416 g/mol. The second kappa shape index (κ2) is 9.65. The molecule has 0 radical (unpaired) electrons. The van der Waals surface area contributed by atoms with Crippen LogP contribution in [0.4, 0.5) is 10.8 Å². The van der Waals surface area contributed by atoms with Gasteiger partial charge in [-0.2, -0.15) is 0 Å². The molecule has 29 heavy (non-hydrogen) atoms. The van der Waals surface area contributed by atoms with Gasteiger partial charge in [-0.25, -0.2) is 4.98 Å². The fourth-order valence-corrected chi connectivity index (χ4v) is 3.89. The van der Waals surface area contributed by atoms with Crippen LogP contribution in [-0.4, -0.2) is 35.9 Å². The first-order valence-corrected chi connectivity index (χ1v) is 10.6. The monoisotopic (exact) mass is 415 g/mol. The first kappa shape index (κ1) is 21.0. The molecule has 0 bridgehead atoms. The molecule has 8 heteroatoms. The van der Waals surface area contributed by atoms with E-state index < -0.39 is 11.9 Å². The number of ether oxygens (including phenoxy) is 1. The van der Waals surface area contributed by atoms with Gasteiger partial charge in [0.15, 0.2) is 11.7 Å². The molecule has 7 nitrogen and oxygen atoms in total. The SMILES string of the molecule is CC[C@H](C)c1ccc(NC(=O)COC(=O)Cc2csc(N3CCCC3=O)n2)cc1. The van der Waals surface area contributed by atoms with E-state index in [0.29, 0.717) is 35.4 Å². The van der Waals surface area contributed by atoms with Gasteiger partial charge >= 0.3 is 5.97 Å². The summed E-state index contributed by atoms with van der Waals surface area (Å²) in [5, 5.41) is 5.06. The summed E-state index contributed by atoms with van der Waals surface area (Å²) >= 11 is 1.33. The van der Waals surface area contributed by atoms with E-state index in [-0.39, 0.29) is 18.9 Å². The molecule has 1 aliphatic heterocycles. The van der Waals surface area contributed by atoms with Gasteiger partial charge < -0.3 is 10.1 Å². The van der Waals surface area contributed by atoms with Crippen LogP contribution in [0.5, 0.6) is 0 Å². The zero-order chi connectivity index (χ0) is 20.8. The quantitative estimate of drug-likeness (QED) is 0.667. The molecule has 1 saturated heterocycles. The van der Waals surface area contributed by atoms with E-state index in [4.69, 9.17) is 4.74 Å². The zero-order valence-electron chi connectivity index (χ0n) is 16.6. The topological polar surface area (TPSA) is 88.6 Å². The van der Waals surface area contributed by atoms with Gasteiger partial charge in [-0.3, -0.25) is 19.3 Å². The van der Waals surface area contributed by atoms with Crippen LogP contribution in [0.2, 0.25) is 0 Å². The van der Waals surface area contributed by atoms with E-state index in [9.17, 15) is 14.4 Å². The Morgan fingerprint density at radius 3 is 2.72 bits per heavy atom. The number of carbonyl (C=O) groups is 3. The van der Waals surface area contributed by atoms with Crippen LogP contribution in [0.25, 0.3) is 0 Å². The van der Waals surface area contributed by atoms with Crippen LogP contribution in [0, 0.1) is 0 Å². The minimum Gasteiger partial charge on any atom is -0.455 e. The number of benzene rings is 1. The Kier molecular flexibility index (Phi) is 6.98. The molecule has 0 unspecified atom stereocenters. The molecule has 3 rings (SSSR count). The van der Waals surface area contributed by atoms with Gasteiger partial charge in [-0.1, -0.05) is 26.0 Å². The summed E-state index contributed by atoms with van der Waals surface area (Å²) in [7, 11) is 0. The number of esters is 1. The maximum atomic E-state index is 12.0. The van der Waals surface area contributed by atoms with Crippen molar-refractivity contribution in [2.75, 3.05) is 23.4 Å². The largest absolute Gasteiger partial charge is 0.455 e. The first-order valence-electron chi connectivity index (χ1n) is 9.76. The lowest BCUT2D eigenvalue weighted by Crippen LogP contribution is -2.23. The lowest BCUT2D eigenvalue weighted by atomic mass is 9.99. The molecule has 1 fully saturated rings. The number of thiazole rings is 1. The van der Waals surface area contributed by atoms with E-state index in [1.165, 1.54) is 16.9 Å². The van der Waals surface area contributed by atoms with Gasteiger partial charge in [0.1, 0.15) is 0 Å². The average Bonchev–Trinajstić information content (AvgIpc) is 3.35. The predicted molar refractivity (Wildman–Crippen MR) is 112 cm³/mol. The molecule has 0 aliphatic carbocycles. The summed E-state index contributed by atoms with van der Waals surface area (Å²) in [6, 6.07) is 7.66. The Labute approximate surface area is 174 Å². The molecule has 2 heterocycles. The van der Waals surface area contributed by atoms with Crippen LogP contribution < -0.4 is 10.2 Å². The van der Waals surface area contributed by atoms with Crippen LogP contribution in [-0.2, 0) is 25.5 Å². The van der Waals surface area contributed by atoms with Crippen molar-refractivity contribution in [3.8, 4) is 0 Å². The molecule has 1 atom stereocenters. The first-order chi connectivity index (χ1) is 14.0. The molecule has 0 saturated carbocycles. The summed E-state index contributed by atoms with van der Waals surface area (Å²) in [6.07, 6.45) is 2.38. The van der Waals surface area contributed by atoms with Crippen LogP contribution in [0.15, 0.2) is 29.6 Å². The fraction of sp³-hybridized carbons (Fsp3) is 0.429. The van der Waals surface area contributed by atoms with Crippen LogP contribution in [0.1, 0.15) is 50.3 Å². The van der Waals surface area contributed by atoms with Gasteiger partial charge in [0.05, 0.1) is 12.1 Å². The van der Waals surface area contributed by atoms with Gasteiger partial charge in [-0.05, 0) is 36.5 Å². The highest BCUT2D eigenvalue weighted by molar-refractivity contribution is 7.14. The number of carbonyl (C=O) groups excluding carboxylic acids is 3. The van der Waals surface area contributed by atoms with Crippen molar-refractivity contribution in [1.29, 1.82) is 0 Å². The van der Waals surface area contributed by atoms with Crippen molar-refractivity contribution in [2.24, 2.45) is 0 Å². The van der Waals surface area contributed by atoms with Crippen molar-refractivity contribution < 1.29 is 19.1 Å². The number of anilines is 2. The van der Waals surface area contributed by atoms with Gasteiger partial charge in [0.2, 0.25) is 5.91 Å². The Morgan fingerprint density at radius 1 is 1.31 bits per heavy atom. The van der Waals surface area contributed by atoms with Gasteiger partial charge in [0.25, 0.3) is 5.91 Å². The third-order valence-corrected chi connectivity index (χ3v) is 5.82. The molecular weight excluding hydrogens is 390 g/mol. The minimum atomic E-state index is -0.531. The number of hydrogen-bond acceptors (Lipinski definition) is 6. The highest BCUT2D eigenvalue weighted by atomic mass is 32.1. The Bertz CT molecular complexity index is 878. The molecular formula is C21H25N3O4S.